The van der Waals surface area contributed by atoms with Crippen molar-refractivity contribution in [2.24, 2.45) is 5.92 Å². The number of amides is 1. The SMILES string of the molecule is CC(C)(C)OC(=O)NC1CCC(C=CI)CC1. The Morgan fingerprint density at radius 2 is 1.88 bits per heavy atom. The average molecular weight is 351 g/mol. The third-order valence-corrected chi connectivity index (χ3v) is 3.25. The number of hydrogen-bond donors (Lipinski definition) is 1. The fourth-order valence-corrected chi connectivity index (χ4v) is 2.62. The molecule has 1 aliphatic carbocycles. The topological polar surface area (TPSA) is 38.3 Å². The van der Waals surface area contributed by atoms with Gasteiger partial charge in [-0.05, 0) is 56.5 Å². The van der Waals surface area contributed by atoms with Gasteiger partial charge in [0, 0.05) is 6.04 Å². The number of rotatable bonds is 2. The normalized spacial score (nSPS) is 25.9. The van der Waals surface area contributed by atoms with E-state index >= 15 is 0 Å². The van der Waals surface area contributed by atoms with Crippen molar-refractivity contribution < 1.29 is 9.53 Å². The molecule has 1 aliphatic rings. The number of halogens is 1. The number of carbonyl (C=O) groups is 1. The quantitative estimate of drug-likeness (QED) is 0.764. The van der Waals surface area contributed by atoms with Crippen molar-refractivity contribution in [1.29, 1.82) is 0 Å². The summed E-state index contributed by atoms with van der Waals surface area (Å²) in [5.41, 5.74) is -0.411. The Bertz CT molecular complexity index is 276. The molecule has 1 fully saturated rings. The van der Waals surface area contributed by atoms with Crippen LogP contribution in [-0.2, 0) is 4.74 Å². The van der Waals surface area contributed by atoms with Gasteiger partial charge in [0.2, 0.25) is 0 Å². The Labute approximate surface area is 118 Å². The summed E-state index contributed by atoms with van der Waals surface area (Å²) in [5, 5.41) is 2.95. The van der Waals surface area contributed by atoms with Crippen molar-refractivity contribution in [3.63, 3.8) is 0 Å². The zero-order chi connectivity index (χ0) is 12.9. The average Bonchev–Trinajstić information content (AvgIpc) is 2.18. The number of allylic oxidation sites excluding steroid dienone is 1. The minimum atomic E-state index is -0.411. The fourth-order valence-electron chi connectivity index (χ4n) is 2.03. The maximum atomic E-state index is 11.6. The number of alkyl carbamates (subject to hydrolysis) is 1. The number of nitrogens with one attached hydrogen (secondary N) is 1. The van der Waals surface area contributed by atoms with Crippen molar-refractivity contribution in [3.05, 3.63) is 10.2 Å². The summed E-state index contributed by atoms with van der Waals surface area (Å²) in [6, 6.07) is 0.281. The van der Waals surface area contributed by atoms with Crippen LogP contribution >= 0.6 is 22.6 Å². The van der Waals surface area contributed by atoms with Crippen LogP contribution in [-0.4, -0.2) is 17.7 Å². The van der Waals surface area contributed by atoms with Crippen LogP contribution in [0.1, 0.15) is 46.5 Å². The Morgan fingerprint density at radius 3 is 2.35 bits per heavy atom. The van der Waals surface area contributed by atoms with E-state index in [1.807, 2.05) is 20.8 Å². The van der Waals surface area contributed by atoms with Crippen LogP contribution in [0.2, 0.25) is 0 Å². The first-order valence-corrected chi connectivity index (χ1v) is 7.41. The van der Waals surface area contributed by atoms with E-state index in [1.54, 1.807) is 0 Å². The predicted octanol–water partition coefficient (Wildman–Crippen LogP) is 4.02. The Kier molecular flexibility index (Phi) is 5.76. The molecule has 17 heavy (non-hydrogen) atoms. The van der Waals surface area contributed by atoms with Gasteiger partial charge in [0.25, 0.3) is 0 Å². The third-order valence-electron chi connectivity index (χ3n) is 2.84. The molecule has 1 rings (SSSR count). The van der Waals surface area contributed by atoms with Gasteiger partial charge in [-0.15, -0.1) is 0 Å². The van der Waals surface area contributed by atoms with Crippen LogP contribution in [0.15, 0.2) is 10.2 Å². The molecule has 0 aliphatic heterocycles. The van der Waals surface area contributed by atoms with Gasteiger partial charge in [0.1, 0.15) is 5.60 Å². The summed E-state index contributed by atoms with van der Waals surface area (Å²) in [7, 11) is 0. The summed E-state index contributed by atoms with van der Waals surface area (Å²) in [6.45, 7) is 5.65. The van der Waals surface area contributed by atoms with Crippen LogP contribution in [0.4, 0.5) is 4.79 Å². The molecule has 3 nitrogen and oxygen atoms in total. The molecule has 98 valence electrons. The largest absolute Gasteiger partial charge is 0.444 e. The van der Waals surface area contributed by atoms with Gasteiger partial charge in [-0.25, -0.2) is 4.79 Å². The van der Waals surface area contributed by atoms with E-state index in [9.17, 15) is 4.79 Å². The molecular formula is C13H22INO2. The van der Waals surface area contributed by atoms with Crippen LogP contribution in [0.3, 0.4) is 0 Å². The zero-order valence-electron chi connectivity index (χ0n) is 10.8. The highest BCUT2D eigenvalue weighted by atomic mass is 127. The second kappa shape index (κ2) is 6.61. The molecule has 1 N–H and O–H groups in total. The Morgan fingerprint density at radius 1 is 1.29 bits per heavy atom. The van der Waals surface area contributed by atoms with Crippen LogP contribution < -0.4 is 5.32 Å². The van der Waals surface area contributed by atoms with Crippen molar-refractivity contribution in [1.82, 2.24) is 5.32 Å². The lowest BCUT2D eigenvalue weighted by molar-refractivity contribution is 0.0490. The second-order valence-corrected chi connectivity index (χ2v) is 6.30. The lowest BCUT2D eigenvalue weighted by Gasteiger charge is -2.28. The van der Waals surface area contributed by atoms with E-state index in [0.29, 0.717) is 5.92 Å². The van der Waals surface area contributed by atoms with E-state index in [2.05, 4.69) is 38.1 Å². The van der Waals surface area contributed by atoms with Gasteiger partial charge < -0.3 is 10.1 Å². The van der Waals surface area contributed by atoms with E-state index in [0.717, 1.165) is 25.7 Å². The number of hydrogen-bond acceptors (Lipinski definition) is 2. The summed E-state index contributed by atoms with van der Waals surface area (Å²) >= 11 is 2.26. The van der Waals surface area contributed by atoms with E-state index in [4.69, 9.17) is 4.74 Å². The highest BCUT2D eigenvalue weighted by Gasteiger charge is 2.23. The Balaban J connectivity index is 2.28. The maximum absolute atomic E-state index is 11.6. The van der Waals surface area contributed by atoms with E-state index < -0.39 is 5.60 Å². The fraction of sp³-hybridized carbons (Fsp3) is 0.769. The van der Waals surface area contributed by atoms with Crippen LogP contribution in [0, 0.1) is 5.92 Å². The summed E-state index contributed by atoms with van der Waals surface area (Å²) in [4.78, 5) is 11.6. The first-order chi connectivity index (χ1) is 7.90. The van der Waals surface area contributed by atoms with Crippen molar-refractivity contribution in [3.8, 4) is 0 Å². The summed E-state index contributed by atoms with van der Waals surface area (Å²) in [5.74, 6) is 0.684. The molecular weight excluding hydrogens is 329 g/mol. The number of ether oxygens (including phenoxy) is 1. The molecule has 0 aromatic heterocycles. The summed E-state index contributed by atoms with van der Waals surface area (Å²) in [6.07, 6.45) is 6.37. The molecule has 0 aromatic carbocycles. The molecule has 1 amide bonds. The summed E-state index contributed by atoms with van der Waals surface area (Å²) < 4.78 is 7.34. The van der Waals surface area contributed by atoms with Crippen LogP contribution in [0.5, 0.6) is 0 Å². The molecule has 0 bridgehead atoms. The van der Waals surface area contributed by atoms with Gasteiger partial charge in [0.05, 0.1) is 0 Å². The zero-order valence-corrected chi connectivity index (χ0v) is 13.0. The van der Waals surface area contributed by atoms with E-state index in [1.165, 1.54) is 0 Å². The van der Waals surface area contributed by atoms with Gasteiger partial charge in [-0.3, -0.25) is 0 Å². The third kappa shape index (κ3) is 6.29. The monoisotopic (exact) mass is 351 g/mol. The molecule has 1 saturated carbocycles. The lowest BCUT2D eigenvalue weighted by atomic mass is 9.86. The van der Waals surface area contributed by atoms with Crippen molar-refractivity contribution >= 4 is 28.7 Å². The minimum Gasteiger partial charge on any atom is -0.444 e. The van der Waals surface area contributed by atoms with Crippen LogP contribution in [0.25, 0.3) is 0 Å². The number of carbonyl (C=O) groups excluding carboxylic acids is 1. The van der Waals surface area contributed by atoms with Gasteiger partial charge in [-0.1, -0.05) is 28.7 Å². The molecule has 4 heteroatoms. The molecule has 0 spiro atoms. The van der Waals surface area contributed by atoms with Gasteiger partial charge >= 0.3 is 6.09 Å². The maximum Gasteiger partial charge on any atom is 0.407 e. The molecule has 0 radical (unpaired) electrons. The molecule has 0 aromatic rings. The second-order valence-electron chi connectivity index (χ2n) is 5.58. The van der Waals surface area contributed by atoms with Gasteiger partial charge in [-0.2, -0.15) is 0 Å². The van der Waals surface area contributed by atoms with Gasteiger partial charge in [0.15, 0.2) is 0 Å². The molecule has 0 unspecified atom stereocenters. The molecule has 0 atom stereocenters. The predicted molar refractivity (Wildman–Crippen MR) is 78.3 cm³/mol. The van der Waals surface area contributed by atoms with Crippen molar-refractivity contribution in [2.75, 3.05) is 0 Å². The highest BCUT2D eigenvalue weighted by molar-refractivity contribution is 14.1. The standard InChI is InChI=1S/C13H22INO2/c1-13(2,3)17-12(16)15-11-6-4-10(5-7-11)8-9-14/h8-11H,4-7H2,1-3H3,(H,15,16). The first kappa shape index (κ1) is 14.8. The Hall–Kier alpha value is -0.260. The smallest absolute Gasteiger partial charge is 0.407 e. The minimum absolute atomic E-state index is 0.281. The van der Waals surface area contributed by atoms with Crippen molar-refractivity contribution in [2.45, 2.75) is 58.1 Å². The highest BCUT2D eigenvalue weighted by Crippen LogP contribution is 2.25. The molecule has 0 saturated heterocycles. The lowest BCUT2D eigenvalue weighted by Crippen LogP contribution is -2.40. The first-order valence-electron chi connectivity index (χ1n) is 6.17. The molecule has 0 heterocycles. The van der Waals surface area contributed by atoms with E-state index in [-0.39, 0.29) is 12.1 Å².